The van der Waals surface area contributed by atoms with Crippen LogP contribution >= 0.6 is 39.0 Å². The molecular formula is C22H19BrN2O2S2. The molecule has 2 aromatic heterocycles. The van der Waals surface area contributed by atoms with E-state index in [-0.39, 0.29) is 5.91 Å². The lowest BCUT2D eigenvalue weighted by atomic mass is 10.2. The van der Waals surface area contributed by atoms with Gasteiger partial charge in [0.15, 0.2) is 5.13 Å². The van der Waals surface area contributed by atoms with Crippen molar-refractivity contribution in [2.45, 2.75) is 30.5 Å². The fourth-order valence-corrected chi connectivity index (χ4v) is 5.24. The second-order valence-electron chi connectivity index (χ2n) is 6.77. The SMILES string of the molecule is CC(C)Sc1ccc(C(=O)N(Cc2ccco2)c2nc3ccc(Br)cc3s2)cc1. The monoisotopic (exact) mass is 486 g/mol. The topological polar surface area (TPSA) is 46.3 Å². The number of amides is 1. The van der Waals surface area contributed by atoms with Gasteiger partial charge in [0.05, 0.1) is 23.0 Å². The molecule has 148 valence electrons. The summed E-state index contributed by atoms with van der Waals surface area (Å²) in [7, 11) is 0. The molecule has 2 aromatic carbocycles. The van der Waals surface area contributed by atoms with Gasteiger partial charge in [-0.3, -0.25) is 9.69 Å². The maximum atomic E-state index is 13.4. The first-order valence-electron chi connectivity index (χ1n) is 9.16. The zero-order valence-corrected chi connectivity index (χ0v) is 19.2. The molecule has 0 aliphatic carbocycles. The highest BCUT2D eigenvalue weighted by atomic mass is 79.9. The van der Waals surface area contributed by atoms with Gasteiger partial charge in [0.2, 0.25) is 0 Å². The first-order chi connectivity index (χ1) is 14.0. The molecule has 0 spiro atoms. The Balaban J connectivity index is 1.68. The van der Waals surface area contributed by atoms with Crippen LogP contribution in [0.4, 0.5) is 5.13 Å². The number of nitrogens with zero attached hydrogens (tertiary/aromatic N) is 2. The third kappa shape index (κ3) is 4.74. The molecule has 0 saturated carbocycles. The molecule has 4 nitrogen and oxygen atoms in total. The number of carbonyl (C=O) groups is 1. The zero-order chi connectivity index (χ0) is 20.4. The quantitative estimate of drug-likeness (QED) is 0.275. The molecule has 1 amide bonds. The van der Waals surface area contributed by atoms with Gasteiger partial charge in [0.1, 0.15) is 5.76 Å². The number of halogens is 1. The van der Waals surface area contributed by atoms with Crippen molar-refractivity contribution in [3.63, 3.8) is 0 Å². The number of fused-ring (bicyclic) bond motifs is 1. The van der Waals surface area contributed by atoms with E-state index in [0.717, 1.165) is 19.6 Å². The van der Waals surface area contributed by atoms with Gasteiger partial charge in [-0.25, -0.2) is 4.98 Å². The van der Waals surface area contributed by atoms with Crippen molar-refractivity contribution in [2.75, 3.05) is 4.90 Å². The van der Waals surface area contributed by atoms with Crippen molar-refractivity contribution in [1.82, 2.24) is 4.98 Å². The van der Waals surface area contributed by atoms with E-state index in [4.69, 9.17) is 9.40 Å². The molecule has 0 N–H and O–H groups in total. The number of furan rings is 1. The Morgan fingerprint density at radius 2 is 2.00 bits per heavy atom. The Kier molecular flexibility index (Phi) is 6.08. The molecule has 29 heavy (non-hydrogen) atoms. The average molecular weight is 487 g/mol. The third-order valence-electron chi connectivity index (χ3n) is 4.18. The van der Waals surface area contributed by atoms with Crippen LogP contribution in [0.1, 0.15) is 30.0 Å². The van der Waals surface area contributed by atoms with Gasteiger partial charge < -0.3 is 4.42 Å². The highest BCUT2D eigenvalue weighted by Gasteiger charge is 2.23. The number of thioether (sulfide) groups is 1. The van der Waals surface area contributed by atoms with Crippen LogP contribution in [0.3, 0.4) is 0 Å². The molecule has 2 heterocycles. The second kappa shape index (κ2) is 8.73. The van der Waals surface area contributed by atoms with Gasteiger partial charge in [0.25, 0.3) is 5.91 Å². The number of thiazole rings is 1. The molecule has 0 aliphatic heterocycles. The maximum absolute atomic E-state index is 13.4. The fourth-order valence-electron chi connectivity index (χ4n) is 2.89. The lowest BCUT2D eigenvalue weighted by Crippen LogP contribution is -2.30. The number of rotatable bonds is 6. The van der Waals surface area contributed by atoms with Gasteiger partial charge in [-0.1, -0.05) is 41.1 Å². The van der Waals surface area contributed by atoms with Crippen LogP contribution < -0.4 is 4.90 Å². The smallest absolute Gasteiger partial charge is 0.260 e. The molecule has 0 saturated heterocycles. The molecule has 0 fully saturated rings. The summed E-state index contributed by atoms with van der Waals surface area (Å²) in [6.45, 7) is 4.63. The van der Waals surface area contributed by atoms with E-state index in [1.807, 2.05) is 54.6 Å². The molecule has 4 aromatic rings. The summed E-state index contributed by atoms with van der Waals surface area (Å²) in [4.78, 5) is 20.9. The fraction of sp³-hybridized carbons (Fsp3) is 0.182. The lowest BCUT2D eigenvalue weighted by molar-refractivity contribution is 0.0983. The van der Waals surface area contributed by atoms with Gasteiger partial charge in [-0.05, 0) is 54.6 Å². The van der Waals surface area contributed by atoms with Crippen LogP contribution in [0, 0.1) is 0 Å². The molecule has 7 heteroatoms. The minimum absolute atomic E-state index is 0.0966. The second-order valence-corrected chi connectivity index (χ2v) is 10.3. The van der Waals surface area contributed by atoms with E-state index in [9.17, 15) is 4.79 Å². The molecule has 4 rings (SSSR count). The Bertz CT molecular complexity index is 1120. The van der Waals surface area contributed by atoms with E-state index in [2.05, 4.69) is 29.8 Å². The van der Waals surface area contributed by atoms with Crippen molar-refractivity contribution >= 4 is 60.3 Å². The number of benzene rings is 2. The van der Waals surface area contributed by atoms with Crippen molar-refractivity contribution in [3.05, 3.63) is 76.7 Å². The van der Waals surface area contributed by atoms with Crippen molar-refractivity contribution in [3.8, 4) is 0 Å². The van der Waals surface area contributed by atoms with Crippen molar-refractivity contribution in [1.29, 1.82) is 0 Å². The summed E-state index contributed by atoms with van der Waals surface area (Å²) in [6, 6.07) is 17.4. The van der Waals surface area contributed by atoms with Gasteiger partial charge in [-0.15, -0.1) is 11.8 Å². The van der Waals surface area contributed by atoms with Crippen LogP contribution in [0.15, 0.2) is 74.6 Å². The number of anilines is 1. The molecule has 0 unspecified atom stereocenters. The number of aromatic nitrogens is 1. The van der Waals surface area contributed by atoms with Crippen LogP contribution in [0.25, 0.3) is 10.2 Å². The van der Waals surface area contributed by atoms with Crippen molar-refractivity contribution in [2.24, 2.45) is 0 Å². The van der Waals surface area contributed by atoms with Crippen LogP contribution in [-0.2, 0) is 6.54 Å². The first-order valence-corrected chi connectivity index (χ1v) is 11.7. The van der Waals surface area contributed by atoms with Gasteiger partial charge >= 0.3 is 0 Å². The lowest BCUT2D eigenvalue weighted by Gasteiger charge is -2.19. The normalized spacial score (nSPS) is 11.3. The molecule has 0 radical (unpaired) electrons. The number of hydrogen-bond acceptors (Lipinski definition) is 5. The summed E-state index contributed by atoms with van der Waals surface area (Å²) in [5.74, 6) is 0.617. The summed E-state index contributed by atoms with van der Waals surface area (Å²) >= 11 is 6.77. The predicted octanol–water partition coefficient (Wildman–Crippen LogP) is 7.00. The highest BCUT2D eigenvalue weighted by molar-refractivity contribution is 9.10. The highest BCUT2D eigenvalue weighted by Crippen LogP contribution is 2.33. The molecule has 0 bridgehead atoms. The number of carbonyl (C=O) groups excluding carboxylic acids is 1. The molecule has 0 atom stereocenters. The van der Waals surface area contributed by atoms with Gasteiger partial charge in [0, 0.05) is 20.2 Å². The maximum Gasteiger partial charge on any atom is 0.260 e. The standard InChI is InChI=1S/C22H19BrN2O2S2/c1-14(2)28-18-8-5-15(6-9-18)21(26)25(13-17-4-3-11-27-17)22-24-19-10-7-16(23)12-20(19)29-22/h3-12,14H,13H2,1-2H3. The van der Waals surface area contributed by atoms with Crippen LogP contribution in [-0.4, -0.2) is 16.1 Å². The van der Waals surface area contributed by atoms with Crippen LogP contribution in [0.5, 0.6) is 0 Å². The minimum Gasteiger partial charge on any atom is -0.467 e. The molecule has 0 aliphatic rings. The van der Waals surface area contributed by atoms with Crippen LogP contribution in [0.2, 0.25) is 0 Å². The van der Waals surface area contributed by atoms with E-state index < -0.39 is 0 Å². The zero-order valence-electron chi connectivity index (χ0n) is 16.0. The summed E-state index contributed by atoms with van der Waals surface area (Å²) in [6.07, 6.45) is 1.62. The first kappa shape index (κ1) is 20.2. The summed E-state index contributed by atoms with van der Waals surface area (Å²) in [5, 5.41) is 1.15. The predicted molar refractivity (Wildman–Crippen MR) is 124 cm³/mol. The molecular weight excluding hydrogens is 468 g/mol. The Morgan fingerprint density at radius 1 is 1.21 bits per heavy atom. The third-order valence-corrected chi connectivity index (χ3v) is 6.73. The summed E-state index contributed by atoms with van der Waals surface area (Å²) < 4.78 is 7.51. The van der Waals surface area contributed by atoms with E-state index in [1.165, 1.54) is 11.3 Å². The minimum atomic E-state index is -0.0966. The van der Waals surface area contributed by atoms with E-state index >= 15 is 0 Å². The van der Waals surface area contributed by atoms with E-state index in [0.29, 0.717) is 28.2 Å². The Morgan fingerprint density at radius 3 is 2.69 bits per heavy atom. The van der Waals surface area contributed by atoms with Gasteiger partial charge in [-0.2, -0.15) is 0 Å². The number of hydrogen-bond donors (Lipinski definition) is 0. The Labute approximate surface area is 186 Å². The average Bonchev–Trinajstić information content (AvgIpc) is 3.34. The van der Waals surface area contributed by atoms with E-state index in [1.54, 1.807) is 22.9 Å². The van der Waals surface area contributed by atoms with Crippen molar-refractivity contribution < 1.29 is 9.21 Å². The largest absolute Gasteiger partial charge is 0.467 e. The summed E-state index contributed by atoms with van der Waals surface area (Å²) in [5.41, 5.74) is 1.50. The Hall–Kier alpha value is -2.09.